The van der Waals surface area contributed by atoms with Gasteiger partial charge in [-0.3, -0.25) is 4.79 Å². The van der Waals surface area contributed by atoms with Gasteiger partial charge >= 0.3 is 0 Å². The lowest BCUT2D eigenvalue weighted by molar-refractivity contribution is 0.101. The van der Waals surface area contributed by atoms with Crippen LogP contribution in [0.1, 0.15) is 22.8 Å². The van der Waals surface area contributed by atoms with E-state index in [1.54, 1.807) is 18.2 Å². The van der Waals surface area contributed by atoms with Gasteiger partial charge in [0.25, 0.3) is 0 Å². The first kappa shape index (κ1) is 12.2. The molecule has 0 saturated heterocycles. The van der Waals surface area contributed by atoms with Gasteiger partial charge in [-0.2, -0.15) is 0 Å². The Morgan fingerprint density at radius 2 is 1.83 bits per heavy atom. The molecule has 2 N–H and O–H groups in total. The number of nitrogen functional groups attached to an aromatic ring is 1. The van der Waals surface area contributed by atoms with Crippen LogP contribution in [0.3, 0.4) is 0 Å². The molecule has 0 aliphatic heterocycles. The zero-order chi connectivity index (χ0) is 13.1. The number of benzene rings is 2. The minimum absolute atomic E-state index is 0.00960. The van der Waals surface area contributed by atoms with E-state index in [2.05, 4.69) is 0 Å². The Labute approximate surface area is 106 Å². The van der Waals surface area contributed by atoms with Crippen molar-refractivity contribution < 1.29 is 9.53 Å². The normalized spacial score (nSPS) is 10.1. The van der Waals surface area contributed by atoms with Crippen molar-refractivity contribution >= 4 is 11.5 Å². The molecule has 0 aliphatic rings. The number of hydrogen-bond acceptors (Lipinski definition) is 3. The van der Waals surface area contributed by atoms with E-state index in [0.29, 0.717) is 17.0 Å². The van der Waals surface area contributed by atoms with Gasteiger partial charge in [-0.15, -0.1) is 0 Å². The van der Waals surface area contributed by atoms with Gasteiger partial charge in [-0.1, -0.05) is 18.2 Å². The number of hydrogen-bond donors (Lipinski definition) is 1. The van der Waals surface area contributed by atoms with Crippen LogP contribution in [-0.4, -0.2) is 5.78 Å². The van der Waals surface area contributed by atoms with Crippen molar-refractivity contribution in [2.45, 2.75) is 13.8 Å². The number of para-hydroxylation sites is 1. The molecule has 92 valence electrons. The second kappa shape index (κ2) is 4.92. The van der Waals surface area contributed by atoms with E-state index < -0.39 is 0 Å². The van der Waals surface area contributed by atoms with E-state index in [-0.39, 0.29) is 5.78 Å². The maximum absolute atomic E-state index is 11.3. The van der Waals surface area contributed by atoms with Crippen molar-refractivity contribution in [2.75, 3.05) is 5.73 Å². The van der Waals surface area contributed by atoms with Crippen LogP contribution in [0.2, 0.25) is 0 Å². The van der Waals surface area contributed by atoms with Crippen molar-refractivity contribution in [2.24, 2.45) is 0 Å². The van der Waals surface area contributed by atoms with E-state index in [1.807, 2.05) is 31.2 Å². The third kappa shape index (κ3) is 2.51. The average Bonchev–Trinajstić information content (AvgIpc) is 2.34. The number of rotatable bonds is 3. The fourth-order valence-corrected chi connectivity index (χ4v) is 1.63. The molecule has 3 heteroatoms. The topological polar surface area (TPSA) is 52.3 Å². The van der Waals surface area contributed by atoms with Crippen LogP contribution in [0.15, 0.2) is 42.5 Å². The molecule has 0 saturated carbocycles. The Morgan fingerprint density at radius 1 is 1.11 bits per heavy atom. The fraction of sp³-hybridized carbons (Fsp3) is 0.133. The standard InChI is InChI=1S/C15H15NO2/c1-10-5-3-4-6-14(10)18-15-9-12(11(2)17)7-8-13(15)16/h3-9H,16H2,1-2H3. The zero-order valence-corrected chi connectivity index (χ0v) is 10.4. The molecular weight excluding hydrogens is 226 g/mol. The number of carbonyl (C=O) groups excluding carboxylic acids is 1. The Hall–Kier alpha value is -2.29. The van der Waals surface area contributed by atoms with E-state index in [0.717, 1.165) is 11.3 Å². The molecule has 0 radical (unpaired) electrons. The molecule has 0 atom stereocenters. The maximum Gasteiger partial charge on any atom is 0.159 e. The second-order valence-corrected chi connectivity index (χ2v) is 4.18. The molecule has 2 aromatic rings. The number of nitrogens with two attached hydrogens (primary N) is 1. The van der Waals surface area contributed by atoms with E-state index in [4.69, 9.17) is 10.5 Å². The predicted molar refractivity (Wildman–Crippen MR) is 72.1 cm³/mol. The Balaban J connectivity index is 2.37. The highest BCUT2D eigenvalue weighted by Crippen LogP contribution is 2.30. The fourth-order valence-electron chi connectivity index (χ4n) is 1.63. The van der Waals surface area contributed by atoms with E-state index >= 15 is 0 Å². The first-order valence-electron chi connectivity index (χ1n) is 5.72. The minimum Gasteiger partial charge on any atom is -0.455 e. The average molecular weight is 241 g/mol. The largest absolute Gasteiger partial charge is 0.455 e. The first-order chi connectivity index (χ1) is 8.58. The molecule has 0 aliphatic carbocycles. The predicted octanol–water partition coefficient (Wildman–Crippen LogP) is 3.57. The Bertz CT molecular complexity index is 591. The summed E-state index contributed by atoms with van der Waals surface area (Å²) in [5, 5.41) is 0. The third-order valence-corrected chi connectivity index (χ3v) is 2.73. The summed E-state index contributed by atoms with van der Waals surface area (Å²) >= 11 is 0. The van der Waals surface area contributed by atoms with E-state index in [1.165, 1.54) is 6.92 Å². The van der Waals surface area contributed by atoms with Gasteiger partial charge in [0.05, 0.1) is 5.69 Å². The lowest BCUT2D eigenvalue weighted by Crippen LogP contribution is -1.97. The van der Waals surface area contributed by atoms with Crippen molar-refractivity contribution in [3.05, 3.63) is 53.6 Å². The summed E-state index contributed by atoms with van der Waals surface area (Å²) in [5.74, 6) is 1.24. The van der Waals surface area contributed by atoms with Crippen LogP contribution < -0.4 is 10.5 Å². The highest BCUT2D eigenvalue weighted by Gasteiger charge is 2.07. The van der Waals surface area contributed by atoms with Gasteiger partial charge in [-0.25, -0.2) is 0 Å². The van der Waals surface area contributed by atoms with Crippen molar-refractivity contribution in [3.63, 3.8) is 0 Å². The molecule has 0 unspecified atom stereocenters. The quantitative estimate of drug-likeness (QED) is 0.660. The number of ketones is 1. The molecule has 0 amide bonds. The lowest BCUT2D eigenvalue weighted by Gasteiger charge is -2.11. The van der Waals surface area contributed by atoms with Gasteiger partial charge in [0.15, 0.2) is 11.5 Å². The number of carbonyl (C=O) groups is 1. The van der Waals surface area contributed by atoms with Crippen LogP contribution in [0.4, 0.5) is 5.69 Å². The van der Waals surface area contributed by atoms with Crippen LogP contribution in [-0.2, 0) is 0 Å². The van der Waals surface area contributed by atoms with Gasteiger partial charge in [0.2, 0.25) is 0 Å². The highest BCUT2D eigenvalue weighted by molar-refractivity contribution is 5.95. The number of anilines is 1. The van der Waals surface area contributed by atoms with Crippen LogP contribution in [0.25, 0.3) is 0 Å². The van der Waals surface area contributed by atoms with E-state index in [9.17, 15) is 4.79 Å². The van der Waals surface area contributed by atoms with Crippen molar-refractivity contribution in [1.29, 1.82) is 0 Å². The molecule has 0 bridgehead atoms. The maximum atomic E-state index is 11.3. The summed E-state index contributed by atoms with van der Waals surface area (Å²) in [6, 6.07) is 12.7. The zero-order valence-electron chi connectivity index (χ0n) is 10.4. The highest BCUT2D eigenvalue weighted by atomic mass is 16.5. The number of ether oxygens (including phenoxy) is 1. The molecule has 3 nitrogen and oxygen atoms in total. The van der Waals surface area contributed by atoms with Crippen LogP contribution >= 0.6 is 0 Å². The molecule has 0 spiro atoms. The summed E-state index contributed by atoms with van der Waals surface area (Å²) in [7, 11) is 0. The van der Waals surface area contributed by atoms with Gasteiger partial charge < -0.3 is 10.5 Å². The summed E-state index contributed by atoms with van der Waals surface area (Å²) in [6.07, 6.45) is 0. The Morgan fingerprint density at radius 3 is 2.50 bits per heavy atom. The summed E-state index contributed by atoms with van der Waals surface area (Å²) in [4.78, 5) is 11.3. The van der Waals surface area contributed by atoms with Gasteiger partial charge in [0.1, 0.15) is 5.75 Å². The monoisotopic (exact) mass is 241 g/mol. The molecular formula is C15H15NO2. The first-order valence-corrected chi connectivity index (χ1v) is 5.72. The third-order valence-electron chi connectivity index (χ3n) is 2.73. The summed E-state index contributed by atoms with van der Waals surface area (Å²) < 4.78 is 5.75. The van der Waals surface area contributed by atoms with Gasteiger partial charge in [0, 0.05) is 5.56 Å². The molecule has 2 rings (SSSR count). The lowest BCUT2D eigenvalue weighted by atomic mass is 10.1. The SMILES string of the molecule is CC(=O)c1ccc(N)c(Oc2ccccc2C)c1. The molecule has 18 heavy (non-hydrogen) atoms. The Kier molecular flexibility index (Phi) is 3.33. The van der Waals surface area contributed by atoms with Crippen LogP contribution in [0.5, 0.6) is 11.5 Å². The molecule has 0 aromatic heterocycles. The molecule has 2 aromatic carbocycles. The second-order valence-electron chi connectivity index (χ2n) is 4.18. The minimum atomic E-state index is -0.00960. The molecule has 0 fully saturated rings. The number of Topliss-reactive ketones (excluding diaryl/α,β-unsaturated/α-hetero) is 1. The van der Waals surface area contributed by atoms with Gasteiger partial charge in [-0.05, 0) is 43.7 Å². The van der Waals surface area contributed by atoms with Crippen molar-refractivity contribution in [3.8, 4) is 11.5 Å². The molecule has 0 heterocycles. The number of aryl methyl sites for hydroxylation is 1. The summed E-state index contributed by atoms with van der Waals surface area (Å²) in [6.45, 7) is 3.48. The van der Waals surface area contributed by atoms with Crippen LogP contribution in [0, 0.1) is 6.92 Å². The van der Waals surface area contributed by atoms with Crippen molar-refractivity contribution in [1.82, 2.24) is 0 Å². The summed E-state index contributed by atoms with van der Waals surface area (Å²) in [5.41, 5.74) is 7.98. The smallest absolute Gasteiger partial charge is 0.159 e.